The van der Waals surface area contributed by atoms with E-state index in [-0.39, 0.29) is 5.78 Å². The lowest BCUT2D eigenvalue weighted by Crippen LogP contribution is -2.30. The Morgan fingerprint density at radius 2 is 1.82 bits per heavy atom. The van der Waals surface area contributed by atoms with Gasteiger partial charge in [-0.25, -0.2) is 0 Å². The molecule has 3 nitrogen and oxygen atoms in total. The van der Waals surface area contributed by atoms with E-state index in [1.807, 2.05) is 19.1 Å². The van der Waals surface area contributed by atoms with Gasteiger partial charge in [-0.1, -0.05) is 42.5 Å². The zero-order valence-corrected chi connectivity index (χ0v) is 13.6. The van der Waals surface area contributed by atoms with E-state index in [4.69, 9.17) is 5.73 Å². The molecule has 0 amide bonds. The van der Waals surface area contributed by atoms with Gasteiger partial charge in [0.2, 0.25) is 0 Å². The average Bonchev–Trinajstić information content (AvgIpc) is 2.46. The lowest BCUT2D eigenvalue weighted by molar-refractivity contribution is -0.118. The number of ketones is 1. The summed E-state index contributed by atoms with van der Waals surface area (Å²) < 4.78 is 0. The van der Waals surface area contributed by atoms with Crippen molar-refractivity contribution in [2.24, 2.45) is 5.73 Å². The molecular weight excluding hydrogens is 272 g/mol. The maximum atomic E-state index is 11.4. The molecule has 0 saturated heterocycles. The Morgan fingerprint density at radius 1 is 1.18 bits per heavy atom. The molecule has 0 fully saturated rings. The number of hydrogen-bond donors (Lipinski definition) is 1. The molecule has 0 saturated carbocycles. The van der Waals surface area contributed by atoms with Crippen LogP contribution in [0.15, 0.2) is 48.6 Å². The third-order valence-electron chi connectivity index (χ3n) is 3.87. The maximum absolute atomic E-state index is 11.4. The summed E-state index contributed by atoms with van der Waals surface area (Å²) in [7, 11) is 2.07. The number of benzene rings is 2. The minimum atomic E-state index is -0.442. The van der Waals surface area contributed by atoms with E-state index in [0.29, 0.717) is 6.42 Å². The van der Waals surface area contributed by atoms with E-state index in [0.717, 1.165) is 23.1 Å². The molecule has 116 valence electrons. The van der Waals surface area contributed by atoms with Gasteiger partial charge in [0.05, 0.1) is 6.04 Å². The van der Waals surface area contributed by atoms with E-state index >= 15 is 0 Å². The number of carbonyl (C=O) groups excluding carboxylic acids is 1. The first kappa shape index (κ1) is 16.2. The van der Waals surface area contributed by atoms with Gasteiger partial charge >= 0.3 is 0 Å². The summed E-state index contributed by atoms with van der Waals surface area (Å²) in [5.74, 6) is 0.0209. The standard InChI is InChI=1S/C19H24N2O/c1-13(2)12-21(4)19-10-9-15(11-18(20)14(3)22)16-7-5-6-8-17(16)19/h5-10,18H,1,11-12,20H2,2-4H3. The van der Waals surface area contributed by atoms with Crippen molar-refractivity contribution in [3.05, 3.63) is 54.1 Å². The molecule has 0 aliphatic rings. The Kier molecular flexibility index (Phi) is 4.99. The highest BCUT2D eigenvalue weighted by molar-refractivity contribution is 5.97. The SMILES string of the molecule is C=C(C)CN(C)c1ccc(CC(N)C(C)=O)c2ccccc12. The van der Waals surface area contributed by atoms with Crippen molar-refractivity contribution >= 4 is 22.2 Å². The zero-order valence-electron chi connectivity index (χ0n) is 13.6. The molecule has 2 rings (SSSR count). The van der Waals surface area contributed by atoms with Gasteiger partial charge in [0.25, 0.3) is 0 Å². The van der Waals surface area contributed by atoms with E-state index in [9.17, 15) is 4.79 Å². The molecule has 2 aromatic rings. The lowest BCUT2D eigenvalue weighted by Gasteiger charge is -2.23. The second-order valence-electron chi connectivity index (χ2n) is 6.02. The summed E-state index contributed by atoms with van der Waals surface area (Å²) >= 11 is 0. The van der Waals surface area contributed by atoms with E-state index in [2.05, 4.69) is 42.8 Å². The predicted molar refractivity (Wildman–Crippen MR) is 94.4 cm³/mol. The fourth-order valence-corrected chi connectivity index (χ4v) is 2.73. The molecular formula is C19H24N2O. The van der Waals surface area contributed by atoms with E-state index in [1.165, 1.54) is 11.1 Å². The topological polar surface area (TPSA) is 46.3 Å². The molecule has 2 aromatic carbocycles. The second kappa shape index (κ2) is 6.75. The van der Waals surface area contributed by atoms with Crippen molar-refractivity contribution in [3.63, 3.8) is 0 Å². The molecule has 0 spiro atoms. The monoisotopic (exact) mass is 296 g/mol. The van der Waals surface area contributed by atoms with Crippen LogP contribution < -0.4 is 10.6 Å². The van der Waals surface area contributed by atoms with Crippen LogP contribution in [-0.2, 0) is 11.2 Å². The first-order valence-electron chi connectivity index (χ1n) is 7.52. The molecule has 3 heteroatoms. The molecule has 22 heavy (non-hydrogen) atoms. The molecule has 2 N–H and O–H groups in total. The first-order chi connectivity index (χ1) is 10.4. The highest BCUT2D eigenvalue weighted by atomic mass is 16.1. The highest BCUT2D eigenvalue weighted by Gasteiger charge is 2.14. The van der Waals surface area contributed by atoms with Crippen molar-refractivity contribution in [1.82, 2.24) is 0 Å². The Balaban J connectivity index is 2.47. The molecule has 0 aliphatic heterocycles. The number of fused-ring (bicyclic) bond motifs is 1. The van der Waals surface area contributed by atoms with Gasteiger partial charge in [0.1, 0.15) is 5.78 Å². The van der Waals surface area contributed by atoms with Crippen molar-refractivity contribution in [2.45, 2.75) is 26.3 Å². The Labute approximate surface area is 132 Å². The van der Waals surface area contributed by atoms with Crippen LogP contribution in [0.1, 0.15) is 19.4 Å². The maximum Gasteiger partial charge on any atom is 0.146 e. The largest absolute Gasteiger partial charge is 0.370 e. The van der Waals surface area contributed by atoms with Crippen LogP contribution in [0.25, 0.3) is 10.8 Å². The van der Waals surface area contributed by atoms with Gasteiger partial charge in [-0.15, -0.1) is 0 Å². The Morgan fingerprint density at radius 3 is 2.41 bits per heavy atom. The van der Waals surface area contributed by atoms with Gasteiger partial charge in [-0.2, -0.15) is 0 Å². The third-order valence-corrected chi connectivity index (χ3v) is 3.87. The smallest absolute Gasteiger partial charge is 0.146 e. The lowest BCUT2D eigenvalue weighted by atomic mass is 9.96. The van der Waals surface area contributed by atoms with Crippen LogP contribution in [-0.4, -0.2) is 25.4 Å². The Bertz CT molecular complexity index is 706. The average molecular weight is 296 g/mol. The highest BCUT2D eigenvalue weighted by Crippen LogP contribution is 2.30. The van der Waals surface area contributed by atoms with Crippen molar-refractivity contribution in [2.75, 3.05) is 18.5 Å². The van der Waals surface area contributed by atoms with E-state index in [1.54, 1.807) is 6.92 Å². The van der Waals surface area contributed by atoms with Gasteiger partial charge in [-0.05, 0) is 37.3 Å². The quantitative estimate of drug-likeness (QED) is 0.832. The van der Waals surface area contributed by atoms with Gasteiger partial charge in [0, 0.05) is 24.7 Å². The predicted octanol–water partition coefficient (Wildman–Crippen LogP) is 3.31. The van der Waals surface area contributed by atoms with Gasteiger partial charge in [0.15, 0.2) is 0 Å². The number of nitrogens with zero attached hydrogens (tertiary/aromatic N) is 1. The third kappa shape index (κ3) is 3.55. The van der Waals surface area contributed by atoms with Crippen molar-refractivity contribution < 1.29 is 4.79 Å². The fraction of sp³-hybridized carbons (Fsp3) is 0.316. The van der Waals surface area contributed by atoms with Gasteiger partial charge in [-0.3, -0.25) is 4.79 Å². The van der Waals surface area contributed by atoms with Crippen LogP contribution in [0.5, 0.6) is 0 Å². The first-order valence-corrected chi connectivity index (χ1v) is 7.52. The zero-order chi connectivity index (χ0) is 16.3. The normalized spacial score (nSPS) is 12.2. The fourth-order valence-electron chi connectivity index (χ4n) is 2.73. The minimum absolute atomic E-state index is 0.0209. The molecule has 1 atom stereocenters. The van der Waals surface area contributed by atoms with Crippen LogP contribution in [0, 0.1) is 0 Å². The van der Waals surface area contributed by atoms with Crippen molar-refractivity contribution in [3.8, 4) is 0 Å². The second-order valence-corrected chi connectivity index (χ2v) is 6.02. The summed E-state index contributed by atoms with van der Waals surface area (Å²) in [6, 6.07) is 12.0. The summed E-state index contributed by atoms with van der Waals surface area (Å²) in [6.07, 6.45) is 0.570. The summed E-state index contributed by atoms with van der Waals surface area (Å²) in [6.45, 7) is 8.37. The van der Waals surface area contributed by atoms with Crippen LogP contribution in [0.4, 0.5) is 5.69 Å². The number of rotatable bonds is 6. The number of hydrogen-bond acceptors (Lipinski definition) is 3. The number of likely N-dealkylation sites (N-methyl/N-ethyl adjacent to an activating group) is 1. The Hall–Kier alpha value is -2.13. The molecule has 0 radical (unpaired) electrons. The molecule has 1 unspecified atom stereocenters. The van der Waals surface area contributed by atoms with E-state index < -0.39 is 6.04 Å². The molecule has 0 bridgehead atoms. The minimum Gasteiger partial charge on any atom is -0.370 e. The molecule has 0 aliphatic carbocycles. The summed E-state index contributed by atoms with van der Waals surface area (Å²) in [4.78, 5) is 13.6. The molecule has 0 aromatic heterocycles. The number of anilines is 1. The van der Waals surface area contributed by atoms with Gasteiger partial charge < -0.3 is 10.6 Å². The number of carbonyl (C=O) groups is 1. The summed E-state index contributed by atoms with van der Waals surface area (Å²) in [5, 5.41) is 2.34. The van der Waals surface area contributed by atoms with Crippen LogP contribution in [0.3, 0.4) is 0 Å². The van der Waals surface area contributed by atoms with Crippen LogP contribution >= 0.6 is 0 Å². The van der Waals surface area contributed by atoms with Crippen LogP contribution in [0.2, 0.25) is 0 Å². The molecule has 0 heterocycles. The number of nitrogens with two attached hydrogens (primary N) is 1. The van der Waals surface area contributed by atoms with Crippen molar-refractivity contribution in [1.29, 1.82) is 0 Å². The number of Topliss-reactive ketones (excluding diaryl/α,β-unsaturated/α-hetero) is 1. The summed E-state index contributed by atoms with van der Waals surface area (Å²) in [5.41, 5.74) is 9.33.